The highest BCUT2D eigenvalue weighted by Crippen LogP contribution is 2.20. The summed E-state index contributed by atoms with van der Waals surface area (Å²) in [5, 5.41) is 0. The molecule has 26 heavy (non-hydrogen) atoms. The monoisotopic (exact) mass is 397 g/mol. The highest BCUT2D eigenvalue weighted by atomic mass is 32.2. The number of benzene rings is 2. The number of hydrogen-bond acceptors (Lipinski definition) is 5. The molecular weight excluding hydrogens is 374 g/mol. The van der Waals surface area contributed by atoms with Gasteiger partial charge in [-0.2, -0.15) is 0 Å². The minimum absolute atomic E-state index is 0.0113. The topological polar surface area (TPSA) is 118 Å². The highest BCUT2D eigenvalue weighted by Gasteiger charge is 2.19. The smallest absolute Gasteiger partial charge is 0.240 e. The molecule has 0 bridgehead atoms. The number of aryl methyl sites for hydroxylation is 1. The Morgan fingerprint density at radius 2 is 1.62 bits per heavy atom. The molecule has 0 radical (unpaired) electrons. The van der Waals surface area contributed by atoms with Gasteiger partial charge >= 0.3 is 0 Å². The SMILES string of the molecule is CNS(=O)(=O)c1ccc(S(=O)(=O)NCc2ccc(C(C)N)cc2)cc1C. The lowest BCUT2D eigenvalue weighted by Crippen LogP contribution is -2.24. The van der Waals surface area contributed by atoms with E-state index in [0.29, 0.717) is 5.56 Å². The van der Waals surface area contributed by atoms with Crippen LogP contribution in [-0.2, 0) is 26.6 Å². The van der Waals surface area contributed by atoms with Crippen LogP contribution in [0.25, 0.3) is 0 Å². The van der Waals surface area contributed by atoms with E-state index >= 15 is 0 Å². The molecule has 2 rings (SSSR count). The lowest BCUT2D eigenvalue weighted by Gasteiger charge is -2.11. The normalized spacial score (nSPS) is 13.5. The van der Waals surface area contributed by atoms with E-state index in [2.05, 4.69) is 9.44 Å². The van der Waals surface area contributed by atoms with Crippen LogP contribution < -0.4 is 15.2 Å². The summed E-state index contributed by atoms with van der Waals surface area (Å²) in [6, 6.07) is 11.2. The van der Waals surface area contributed by atoms with Crippen LogP contribution in [0.15, 0.2) is 52.3 Å². The molecule has 0 aliphatic heterocycles. The van der Waals surface area contributed by atoms with Gasteiger partial charge in [-0.15, -0.1) is 0 Å². The van der Waals surface area contributed by atoms with Crippen LogP contribution in [-0.4, -0.2) is 23.9 Å². The molecule has 2 aromatic carbocycles. The van der Waals surface area contributed by atoms with E-state index in [0.717, 1.165) is 11.1 Å². The third-order valence-electron chi connectivity index (χ3n) is 3.99. The first-order valence-corrected chi connectivity index (χ1v) is 10.9. The molecular formula is C17H23N3O4S2. The van der Waals surface area contributed by atoms with Gasteiger partial charge in [0, 0.05) is 12.6 Å². The summed E-state index contributed by atoms with van der Waals surface area (Å²) >= 11 is 0. The highest BCUT2D eigenvalue weighted by molar-refractivity contribution is 7.90. The van der Waals surface area contributed by atoms with E-state index in [-0.39, 0.29) is 22.4 Å². The molecule has 0 saturated heterocycles. The van der Waals surface area contributed by atoms with Gasteiger partial charge in [-0.1, -0.05) is 24.3 Å². The number of hydrogen-bond donors (Lipinski definition) is 3. The van der Waals surface area contributed by atoms with Crippen molar-refractivity contribution in [2.24, 2.45) is 5.73 Å². The van der Waals surface area contributed by atoms with Crippen LogP contribution in [0.1, 0.15) is 29.7 Å². The van der Waals surface area contributed by atoms with Crippen LogP contribution in [0.4, 0.5) is 0 Å². The molecule has 0 heterocycles. The van der Waals surface area contributed by atoms with Crippen LogP contribution in [0.3, 0.4) is 0 Å². The minimum atomic E-state index is -3.77. The van der Waals surface area contributed by atoms with Crippen LogP contribution in [0.5, 0.6) is 0 Å². The van der Waals surface area contributed by atoms with E-state index in [1.807, 2.05) is 31.2 Å². The number of nitrogens with two attached hydrogens (primary N) is 1. The van der Waals surface area contributed by atoms with Crippen molar-refractivity contribution in [1.29, 1.82) is 0 Å². The standard InChI is InChI=1S/C17H23N3O4S2/c1-12-10-16(8-9-17(12)26(23,24)19-3)25(21,22)20-11-14-4-6-15(7-5-14)13(2)18/h4-10,13,19-20H,11,18H2,1-3H3. The fourth-order valence-corrected chi connectivity index (χ4v) is 4.45. The average Bonchev–Trinajstić information content (AvgIpc) is 2.60. The van der Waals surface area contributed by atoms with E-state index < -0.39 is 20.0 Å². The summed E-state index contributed by atoms with van der Waals surface area (Å²) in [4.78, 5) is 0.0581. The van der Waals surface area contributed by atoms with Crippen LogP contribution >= 0.6 is 0 Å². The van der Waals surface area contributed by atoms with Crippen molar-refractivity contribution in [2.45, 2.75) is 36.2 Å². The lowest BCUT2D eigenvalue weighted by atomic mass is 10.1. The zero-order valence-electron chi connectivity index (χ0n) is 14.9. The Morgan fingerprint density at radius 3 is 2.12 bits per heavy atom. The predicted octanol–water partition coefficient (Wildman–Crippen LogP) is 1.40. The second kappa shape index (κ2) is 7.85. The van der Waals surface area contributed by atoms with E-state index in [9.17, 15) is 16.8 Å². The molecule has 1 unspecified atom stereocenters. The summed E-state index contributed by atoms with van der Waals surface area (Å²) in [6.07, 6.45) is 0. The summed E-state index contributed by atoms with van der Waals surface area (Å²) in [6.45, 7) is 3.55. The first-order valence-electron chi connectivity index (χ1n) is 7.95. The van der Waals surface area contributed by atoms with Crippen molar-refractivity contribution in [3.05, 3.63) is 59.2 Å². The van der Waals surface area contributed by atoms with Gasteiger partial charge in [0.05, 0.1) is 9.79 Å². The first kappa shape index (κ1) is 20.5. The van der Waals surface area contributed by atoms with Gasteiger partial charge in [0.15, 0.2) is 0 Å². The van der Waals surface area contributed by atoms with Gasteiger partial charge in [0.25, 0.3) is 0 Å². The second-order valence-corrected chi connectivity index (χ2v) is 9.61. The van der Waals surface area contributed by atoms with Crippen molar-refractivity contribution >= 4 is 20.0 Å². The summed E-state index contributed by atoms with van der Waals surface area (Å²) < 4.78 is 53.4. The summed E-state index contributed by atoms with van der Waals surface area (Å²) in [7, 11) is -6.10. The molecule has 142 valence electrons. The fourth-order valence-electron chi connectivity index (χ4n) is 2.40. The molecule has 9 heteroatoms. The maximum absolute atomic E-state index is 12.5. The Balaban J connectivity index is 2.18. The fraction of sp³-hybridized carbons (Fsp3) is 0.294. The van der Waals surface area contributed by atoms with Crippen LogP contribution in [0.2, 0.25) is 0 Å². The quantitative estimate of drug-likeness (QED) is 0.653. The van der Waals surface area contributed by atoms with Gasteiger partial charge in [-0.05, 0) is 55.8 Å². The summed E-state index contributed by atoms with van der Waals surface area (Å²) in [5.41, 5.74) is 7.90. The van der Waals surface area contributed by atoms with E-state index in [1.54, 1.807) is 6.92 Å². The van der Waals surface area contributed by atoms with Gasteiger partial charge in [0.1, 0.15) is 0 Å². The Kier molecular flexibility index (Phi) is 6.20. The third-order valence-corrected chi connectivity index (χ3v) is 6.96. The van der Waals surface area contributed by atoms with Gasteiger partial charge < -0.3 is 5.73 Å². The van der Waals surface area contributed by atoms with E-state index in [4.69, 9.17) is 5.73 Å². The van der Waals surface area contributed by atoms with Crippen molar-refractivity contribution in [1.82, 2.24) is 9.44 Å². The molecule has 0 aromatic heterocycles. The first-order chi connectivity index (χ1) is 12.1. The maximum Gasteiger partial charge on any atom is 0.240 e. The Bertz CT molecular complexity index is 983. The molecule has 4 N–H and O–H groups in total. The minimum Gasteiger partial charge on any atom is -0.324 e. The Morgan fingerprint density at radius 1 is 1.00 bits per heavy atom. The van der Waals surface area contributed by atoms with Crippen molar-refractivity contribution < 1.29 is 16.8 Å². The molecule has 2 aromatic rings. The van der Waals surface area contributed by atoms with Crippen molar-refractivity contribution in [3.63, 3.8) is 0 Å². The maximum atomic E-state index is 12.5. The zero-order chi connectivity index (χ0) is 19.5. The molecule has 0 amide bonds. The number of rotatable bonds is 7. The molecule has 0 aliphatic carbocycles. The van der Waals surface area contributed by atoms with Gasteiger partial charge in [-0.25, -0.2) is 26.3 Å². The molecule has 0 fully saturated rings. The van der Waals surface area contributed by atoms with Crippen molar-refractivity contribution in [3.8, 4) is 0 Å². The number of sulfonamides is 2. The predicted molar refractivity (Wildman–Crippen MR) is 100 cm³/mol. The van der Waals surface area contributed by atoms with E-state index in [1.165, 1.54) is 25.2 Å². The van der Waals surface area contributed by atoms with Gasteiger partial charge in [-0.3, -0.25) is 0 Å². The Hall–Kier alpha value is -1.78. The molecule has 0 aliphatic rings. The zero-order valence-corrected chi connectivity index (χ0v) is 16.5. The molecule has 0 spiro atoms. The average molecular weight is 398 g/mol. The van der Waals surface area contributed by atoms with Crippen molar-refractivity contribution in [2.75, 3.05) is 7.05 Å². The third kappa shape index (κ3) is 4.68. The molecule has 1 atom stereocenters. The lowest BCUT2D eigenvalue weighted by molar-refractivity contribution is 0.579. The summed E-state index contributed by atoms with van der Waals surface area (Å²) in [5.74, 6) is 0. The van der Waals surface area contributed by atoms with Gasteiger partial charge in [0.2, 0.25) is 20.0 Å². The second-order valence-electron chi connectivity index (χ2n) is 5.99. The van der Waals surface area contributed by atoms with Crippen LogP contribution in [0, 0.1) is 6.92 Å². The number of nitrogens with one attached hydrogen (secondary N) is 2. The molecule has 0 saturated carbocycles. The largest absolute Gasteiger partial charge is 0.324 e. The molecule has 7 nitrogen and oxygen atoms in total. The Labute approximate surface area is 154 Å².